The van der Waals surface area contributed by atoms with E-state index in [0.29, 0.717) is 11.1 Å². The number of esters is 1. The molecule has 0 N–H and O–H groups in total. The molecule has 2 aromatic carbocycles. The Morgan fingerprint density at radius 2 is 2.08 bits per heavy atom. The van der Waals surface area contributed by atoms with Crippen molar-refractivity contribution in [3.05, 3.63) is 75.2 Å². The molecule has 1 aliphatic rings. The number of aliphatic imine (C=N–C) groups is 1. The van der Waals surface area contributed by atoms with Gasteiger partial charge in [-0.3, -0.25) is 10.1 Å². The smallest absolute Gasteiger partial charge is 0.363 e. The molecule has 0 bridgehead atoms. The van der Waals surface area contributed by atoms with E-state index in [2.05, 4.69) is 4.99 Å². The Bertz CT molecular complexity index is 936. The van der Waals surface area contributed by atoms with Crippen LogP contribution in [-0.2, 0) is 9.53 Å². The third-order valence-corrected chi connectivity index (χ3v) is 3.40. The molecule has 0 spiro atoms. The molecule has 2 aromatic rings. The molecule has 0 amide bonds. The molecular formula is C17H11FN2O5. The van der Waals surface area contributed by atoms with Crippen LogP contribution >= 0.6 is 0 Å². The van der Waals surface area contributed by atoms with Crippen LogP contribution in [-0.4, -0.2) is 23.9 Å². The molecule has 3 rings (SSSR count). The molecule has 7 nitrogen and oxygen atoms in total. The number of nitro benzene ring substituents is 1. The summed E-state index contributed by atoms with van der Waals surface area (Å²) in [5.74, 6) is -1.27. The second kappa shape index (κ2) is 6.52. The number of cyclic esters (lactones) is 1. The van der Waals surface area contributed by atoms with Crippen molar-refractivity contribution in [3.63, 3.8) is 0 Å². The van der Waals surface area contributed by atoms with Crippen molar-refractivity contribution >= 4 is 23.6 Å². The van der Waals surface area contributed by atoms with Gasteiger partial charge < -0.3 is 9.47 Å². The van der Waals surface area contributed by atoms with Crippen LogP contribution in [0.3, 0.4) is 0 Å². The zero-order chi connectivity index (χ0) is 18.0. The van der Waals surface area contributed by atoms with E-state index in [-0.39, 0.29) is 23.0 Å². The number of rotatable bonds is 4. The van der Waals surface area contributed by atoms with Crippen molar-refractivity contribution < 1.29 is 23.6 Å². The molecular weight excluding hydrogens is 331 g/mol. The third kappa shape index (κ3) is 3.37. The van der Waals surface area contributed by atoms with E-state index in [1.165, 1.54) is 49.6 Å². The summed E-state index contributed by atoms with van der Waals surface area (Å²) in [6.07, 6.45) is 1.36. The van der Waals surface area contributed by atoms with Gasteiger partial charge in [-0.2, -0.15) is 0 Å². The molecule has 0 aliphatic carbocycles. The van der Waals surface area contributed by atoms with Gasteiger partial charge in [0.1, 0.15) is 0 Å². The molecule has 0 atom stereocenters. The maximum absolute atomic E-state index is 13.7. The summed E-state index contributed by atoms with van der Waals surface area (Å²) < 4.78 is 23.6. The Balaban J connectivity index is 1.93. The molecule has 126 valence electrons. The Hall–Kier alpha value is -3.55. The third-order valence-electron chi connectivity index (χ3n) is 3.40. The number of nitrogens with zero attached hydrogens (tertiary/aromatic N) is 2. The van der Waals surface area contributed by atoms with Gasteiger partial charge in [-0.15, -0.1) is 0 Å². The fraction of sp³-hybridized carbons (Fsp3) is 0.0588. The highest BCUT2D eigenvalue weighted by Crippen LogP contribution is 2.23. The lowest BCUT2D eigenvalue weighted by Gasteiger charge is -2.01. The Morgan fingerprint density at radius 1 is 1.28 bits per heavy atom. The number of ether oxygens (including phenoxy) is 2. The van der Waals surface area contributed by atoms with Crippen LogP contribution in [0.5, 0.6) is 5.75 Å². The number of non-ortho nitro benzene ring substituents is 1. The maximum atomic E-state index is 13.7. The largest absolute Gasteiger partial charge is 0.494 e. The fourth-order valence-corrected chi connectivity index (χ4v) is 2.22. The van der Waals surface area contributed by atoms with Crippen molar-refractivity contribution in [3.8, 4) is 5.75 Å². The summed E-state index contributed by atoms with van der Waals surface area (Å²) in [5, 5.41) is 10.8. The van der Waals surface area contributed by atoms with Gasteiger partial charge in [-0.25, -0.2) is 14.2 Å². The normalized spacial score (nSPS) is 15.0. The molecule has 0 unspecified atom stereocenters. The molecule has 8 heteroatoms. The lowest BCUT2D eigenvalue weighted by molar-refractivity contribution is -0.384. The van der Waals surface area contributed by atoms with Crippen molar-refractivity contribution in [2.75, 3.05) is 7.11 Å². The van der Waals surface area contributed by atoms with Crippen LogP contribution in [0.1, 0.15) is 11.1 Å². The monoisotopic (exact) mass is 342 g/mol. The second-order valence-corrected chi connectivity index (χ2v) is 5.04. The molecule has 25 heavy (non-hydrogen) atoms. The van der Waals surface area contributed by atoms with Gasteiger partial charge in [0.05, 0.1) is 12.0 Å². The summed E-state index contributed by atoms with van der Waals surface area (Å²) in [6, 6.07) is 9.75. The van der Waals surface area contributed by atoms with Crippen LogP contribution in [0.25, 0.3) is 6.08 Å². The predicted octanol–water partition coefficient (Wildman–Crippen LogP) is 3.09. The highest BCUT2D eigenvalue weighted by molar-refractivity contribution is 6.13. The maximum Gasteiger partial charge on any atom is 0.363 e. The van der Waals surface area contributed by atoms with Gasteiger partial charge in [0.2, 0.25) is 5.90 Å². The van der Waals surface area contributed by atoms with Crippen molar-refractivity contribution in [1.82, 2.24) is 0 Å². The van der Waals surface area contributed by atoms with Crippen LogP contribution in [0.15, 0.2) is 53.2 Å². The first-order valence-corrected chi connectivity index (χ1v) is 7.09. The van der Waals surface area contributed by atoms with Gasteiger partial charge in [0.15, 0.2) is 17.3 Å². The SMILES string of the molecule is COc1ccc(/C=C2\N=C(c3cccc([N+](=O)[O-])c3)OC2=O)cc1F. The van der Waals surface area contributed by atoms with E-state index < -0.39 is 16.7 Å². The zero-order valence-electron chi connectivity index (χ0n) is 12.9. The summed E-state index contributed by atoms with van der Waals surface area (Å²) in [5.41, 5.74) is 0.512. The van der Waals surface area contributed by atoms with Crippen molar-refractivity contribution in [2.24, 2.45) is 4.99 Å². The Kier molecular flexibility index (Phi) is 4.25. The number of carbonyl (C=O) groups is 1. The second-order valence-electron chi connectivity index (χ2n) is 5.04. The minimum atomic E-state index is -0.724. The van der Waals surface area contributed by atoms with Crippen LogP contribution in [0.2, 0.25) is 0 Å². The van der Waals surface area contributed by atoms with E-state index in [1.807, 2.05) is 0 Å². The number of halogens is 1. The predicted molar refractivity (Wildman–Crippen MR) is 86.7 cm³/mol. The quantitative estimate of drug-likeness (QED) is 0.368. The number of nitro groups is 1. The summed E-state index contributed by atoms with van der Waals surface area (Å²) in [4.78, 5) is 26.2. The lowest BCUT2D eigenvalue weighted by Crippen LogP contribution is -2.05. The molecule has 0 fully saturated rings. The van der Waals surface area contributed by atoms with Gasteiger partial charge in [-0.05, 0) is 29.8 Å². The zero-order valence-corrected chi connectivity index (χ0v) is 12.9. The van der Waals surface area contributed by atoms with Crippen LogP contribution in [0.4, 0.5) is 10.1 Å². The number of hydrogen-bond acceptors (Lipinski definition) is 6. The first-order chi connectivity index (χ1) is 12.0. The molecule has 0 radical (unpaired) electrons. The van der Waals surface area contributed by atoms with Gasteiger partial charge >= 0.3 is 5.97 Å². The number of benzene rings is 2. The topological polar surface area (TPSA) is 91.0 Å². The summed E-state index contributed by atoms with van der Waals surface area (Å²) in [6.45, 7) is 0. The molecule has 0 saturated heterocycles. The first kappa shape index (κ1) is 16.3. The number of methoxy groups -OCH3 is 1. The highest BCUT2D eigenvalue weighted by Gasteiger charge is 2.25. The fourth-order valence-electron chi connectivity index (χ4n) is 2.22. The molecule has 1 aliphatic heterocycles. The molecule has 0 saturated carbocycles. The van der Waals surface area contributed by atoms with E-state index in [0.717, 1.165) is 0 Å². The summed E-state index contributed by atoms with van der Waals surface area (Å²) >= 11 is 0. The van der Waals surface area contributed by atoms with E-state index in [4.69, 9.17) is 9.47 Å². The minimum Gasteiger partial charge on any atom is -0.494 e. The Morgan fingerprint density at radius 3 is 2.76 bits per heavy atom. The van der Waals surface area contributed by atoms with Gasteiger partial charge in [0.25, 0.3) is 5.69 Å². The van der Waals surface area contributed by atoms with Crippen LogP contribution in [0, 0.1) is 15.9 Å². The first-order valence-electron chi connectivity index (χ1n) is 7.09. The highest BCUT2D eigenvalue weighted by atomic mass is 19.1. The Labute approximate surface area is 141 Å². The van der Waals surface area contributed by atoms with Crippen molar-refractivity contribution in [2.45, 2.75) is 0 Å². The average molecular weight is 342 g/mol. The van der Waals surface area contributed by atoms with E-state index >= 15 is 0 Å². The van der Waals surface area contributed by atoms with Crippen LogP contribution < -0.4 is 4.74 Å². The molecule has 0 aromatic heterocycles. The standard InChI is InChI=1S/C17H11FN2O5/c1-24-15-6-5-10(7-13(15)18)8-14-17(21)25-16(19-14)11-3-2-4-12(9-11)20(22)23/h2-9H,1H3/b14-8-. The van der Waals surface area contributed by atoms with Crippen molar-refractivity contribution in [1.29, 1.82) is 0 Å². The molecule has 1 heterocycles. The number of carbonyl (C=O) groups excluding carboxylic acids is 1. The number of hydrogen-bond donors (Lipinski definition) is 0. The minimum absolute atomic E-state index is 0.0360. The van der Waals surface area contributed by atoms with E-state index in [9.17, 15) is 19.3 Å². The van der Waals surface area contributed by atoms with Gasteiger partial charge in [0, 0.05) is 17.7 Å². The summed E-state index contributed by atoms with van der Waals surface area (Å²) in [7, 11) is 1.35. The van der Waals surface area contributed by atoms with E-state index in [1.54, 1.807) is 6.07 Å². The average Bonchev–Trinajstić information content (AvgIpc) is 2.96. The lowest BCUT2D eigenvalue weighted by atomic mass is 10.2. The van der Waals surface area contributed by atoms with Gasteiger partial charge in [-0.1, -0.05) is 12.1 Å².